The van der Waals surface area contributed by atoms with Gasteiger partial charge in [-0.25, -0.2) is 0 Å². The van der Waals surface area contributed by atoms with Crippen LogP contribution in [0.4, 0.5) is 0 Å². The lowest BCUT2D eigenvalue weighted by molar-refractivity contribution is 0.111. The summed E-state index contributed by atoms with van der Waals surface area (Å²) in [5.41, 5.74) is 0.917. The van der Waals surface area contributed by atoms with E-state index in [-0.39, 0.29) is 12.6 Å². The molecule has 1 unspecified atom stereocenters. The van der Waals surface area contributed by atoms with Crippen molar-refractivity contribution in [3.63, 3.8) is 0 Å². The molecule has 1 aliphatic rings. The summed E-state index contributed by atoms with van der Waals surface area (Å²) in [6, 6.07) is 3.55. The number of halogens is 2. The van der Waals surface area contributed by atoms with Gasteiger partial charge in [0.2, 0.25) is 0 Å². The smallest absolute Gasteiger partial charge is 0.156 e. The van der Waals surface area contributed by atoms with Crippen LogP contribution in [0.25, 0.3) is 0 Å². The molecule has 1 atom stereocenters. The van der Waals surface area contributed by atoms with Crippen molar-refractivity contribution in [1.29, 1.82) is 0 Å². The van der Waals surface area contributed by atoms with Gasteiger partial charge in [0.15, 0.2) is 5.75 Å². The molecule has 0 spiro atoms. The number of ether oxygens (including phenoxy) is 1. The number of nitrogens with zero attached hydrogens (tertiary/aromatic N) is 1. The molecule has 1 aliphatic heterocycles. The molecule has 0 saturated carbocycles. The van der Waals surface area contributed by atoms with Gasteiger partial charge in [-0.2, -0.15) is 0 Å². The SMILES string of the molecule is COc1c(Cl)cc(C(CO)N2CCNCC2)cc1Cl. The van der Waals surface area contributed by atoms with Crippen LogP contribution in [0.3, 0.4) is 0 Å². The van der Waals surface area contributed by atoms with E-state index in [4.69, 9.17) is 27.9 Å². The number of aliphatic hydroxyl groups excluding tert-OH is 1. The predicted molar refractivity (Wildman–Crippen MR) is 77.3 cm³/mol. The lowest BCUT2D eigenvalue weighted by atomic mass is 10.0. The van der Waals surface area contributed by atoms with Crippen molar-refractivity contribution in [3.05, 3.63) is 27.7 Å². The molecule has 1 aromatic rings. The van der Waals surface area contributed by atoms with Gasteiger partial charge < -0.3 is 15.2 Å². The second kappa shape index (κ2) is 6.77. The minimum Gasteiger partial charge on any atom is -0.494 e. The quantitative estimate of drug-likeness (QED) is 0.892. The van der Waals surface area contributed by atoms with E-state index in [0.717, 1.165) is 31.7 Å². The summed E-state index contributed by atoms with van der Waals surface area (Å²) >= 11 is 12.3. The summed E-state index contributed by atoms with van der Waals surface area (Å²) in [5.74, 6) is 0.476. The van der Waals surface area contributed by atoms with Crippen molar-refractivity contribution >= 4 is 23.2 Å². The molecule has 19 heavy (non-hydrogen) atoms. The number of hydrogen-bond donors (Lipinski definition) is 2. The van der Waals surface area contributed by atoms with E-state index in [9.17, 15) is 5.11 Å². The number of benzene rings is 1. The zero-order valence-corrected chi connectivity index (χ0v) is 12.3. The first-order chi connectivity index (χ1) is 9.17. The third-order valence-corrected chi connectivity index (χ3v) is 3.94. The normalized spacial score (nSPS) is 18.3. The van der Waals surface area contributed by atoms with Gasteiger partial charge in [0, 0.05) is 26.2 Å². The van der Waals surface area contributed by atoms with Crippen LogP contribution in [0.15, 0.2) is 12.1 Å². The van der Waals surface area contributed by atoms with Crippen molar-refractivity contribution in [2.75, 3.05) is 39.9 Å². The second-order valence-corrected chi connectivity index (χ2v) is 5.32. The van der Waals surface area contributed by atoms with Crippen molar-refractivity contribution < 1.29 is 9.84 Å². The number of piperazine rings is 1. The van der Waals surface area contributed by atoms with Crippen LogP contribution in [0.5, 0.6) is 5.75 Å². The highest BCUT2D eigenvalue weighted by molar-refractivity contribution is 6.37. The first-order valence-corrected chi connectivity index (χ1v) is 7.01. The highest BCUT2D eigenvalue weighted by Gasteiger charge is 2.23. The van der Waals surface area contributed by atoms with Gasteiger partial charge in [0.1, 0.15) is 0 Å². The van der Waals surface area contributed by atoms with Crippen molar-refractivity contribution in [2.45, 2.75) is 6.04 Å². The Morgan fingerprint density at radius 3 is 2.37 bits per heavy atom. The van der Waals surface area contributed by atoms with Crippen LogP contribution < -0.4 is 10.1 Å². The van der Waals surface area contributed by atoms with Gasteiger partial charge in [-0.05, 0) is 17.7 Å². The second-order valence-electron chi connectivity index (χ2n) is 4.50. The van der Waals surface area contributed by atoms with Crippen LogP contribution in [0.1, 0.15) is 11.6 Å². The molecule has 0 aliphatic carbocycles. The molecule has 1 fully saturated rings. The molecule has 0 bridgehead atoms. The van der Waals surface area contributed by atoms with E-state index < -0.39 is 0 Å². The molecule has 106 valence electrons. The van der Waals surface area contributed by atoms with E-state index in [0.29, 0.717) is 15.8 Å². The Labute approximate surface area is 123 Å². The molecule has 0 radical (unpaired) electrons. The molecular formula is C13H18Cl2N2O2. The van der Waals surface area contributed by atoms with Crippen molar-refractivity contribution in [1.82, 2.24) is 10.2 Å². The largest absolute Gasteiger partial charge is 0.494 e. The van der Waals surface area contributed by atoms with Gasteiger partial charge in [0.05, 0.1) is 29.8 Å². The highest BCUT2D eigenvalue weighted by atomic mass is 35.5. The maximum Gasteiger partial charge on any atom is 0.156 e. The summed E-state index contributed by atoms with van der Waals surface area (Å²) in [6.07, 6.45) is 0. The Bertz CT molecular complexity index is 414. The van der Waals surface area contributed by atoms with Crippen molar-refractivity contribution in [2.24, 2.45) is 0 Å². The minimum atomic E-state index is -0.0805. The average Bonchev–Trinajstić information content (AvgIpc) is 2.40. The Morgan fingerprint density at radius 2 is 1.89 bits per heavy atom. The van der Waals surface area contributed by atoms with Crippen LogP contribution in [-0.4, -0.2) is 49.9 Å². The highest BCUT2D eigenvalue weighted by Crippen LogP contribution is 2.36. The molecule has 4 nitrogen and oxygen atoms in total. The maximum absolute atomic E-state index is 9.66. The summed E-state index contributed by atoms with van der Waals surface area (Å²) in [4.78, 5) is 2.23. The topological polar surface area (TPSA) is 44.7 Å². The first kappa shape index (κ1) is 14.9. The molecule has 6 heteroatoms. The molecule has 2 N–H and O–H groups in total. The van der Waals surface area contributed by atoms with Crippen LogP contribution >= 0.6 is 23.2 Å². The van der Waals surface area contributed by atoms with Crippen LogP contribution in [0.2, 0.25) is 10.0 Å². The molecule has 0 aromatic heterocycles. The molecular weight excluding hydrogens is 287 g/mol. The summed E-state index contributed by atoms with van der Waals surface area (Å²) in [6.45, 7) is 3.68. The third-order valence-electron chi connectivity index (χ3n) is 3.37. The predicted octanol–water partition coefficient (Wildman–Crippen LogP) is 1.94. The lowest BCUT2D eigenvalue weighted by Crippen LogP contribution is -2.46. The van der Waals surface area contributed by atoms with Gasteiger partial charge in [-0.3, -0.25) is 4.90 Å². The number of hydrogen-bond acceptors (Lipinski definition) is 4. The fraction of sp³-hybridized carbons (Fsp3) is 0.538. The van der Waals surface area contributed by atoms with Gasteiger partial charge in [-0.1, -0.05) is 23.2 Å². The Hall–Kier alpha value is -0.520. The third kappa shape index (κ3) is 3.33. The number of rotatable bonds is 4. The van der Waals surface area contributed by atoms with Gasteiger partial charge in [0.25, 0.3) is 0 Å². The van der Waals surface area contributed by atoms with E-state index in [2.05, 4.69) is 10.2 Å². The maximum atomic E-state index is 9.66. The van der Waals surface area contributed by atoms with E-state index in [1.54, 1.807) is 0 Å². The average molecular weight is 305 g/mol. The Kier molecular flexibility index (Phi) is 5.30. The molecule has 1 saturated heterocycles. The van der Waals surface area contributed by atoms with Gasteiger partial charge in [-0.15, -0.1) is 0 Å². The first-order valence-electron chi connectivity index (χ1n) is 6.26. The zero-order chi connectivity index (χ0) is 13.8. The van der Waals surface area contributed by atoms with E-state index >= 15 is 0 Å². The standard InChI is InChI=1S/C13H18Cl2N2O2/c1-19-13-10(14)6-9(7-11(13)15)12(8-18)17-4-2-16-3-5-17/h6-7,12,16,18H,2-5,8H2,1H3. The number of methoxy groups -OCH3 is 1. The van der Waals surface area contributed by atoms with E-state index in [1.165, 1.54) is 7.11 Å². The summed E-state index contributed by atoms with van der Waals surface area (Å²) < 4.78 is 5.14. The fourth-order valence-electron chi connectivity index (χ4n) is 2.39. The van der Waals surface area contributed by atoms with Crippen LogP contribution in [-0.2, 0) is 0 Å². The summed E-state index contributed by atoms with van der Waals surface area (Å²) in [5, 5.41) is 13.9. The van der Waals surface area contributed by atoms with Crippen LogP contribution in [0, 0.1) is 0 Å². The molecule has 0 amide bonds. The Balaban J connectivity index is 2.27. The molecule has 1 heterocycles. The van der Waals surface area contributed by atoms with E-state index in [1.807, 2.05) is 12.1 Å². The van der Waals surface area contributed by atoms with Crippen molar-refractivity contribution in [3.8, 4) is 5.75 Å². The number of aliphatic hydroxyl groups is 1. The number of nitrogens with one attached hydrogen (secondary N) is 1. The molecule has 2 rings (SSSR count). The molecule has 1 aromatic carbocycles. The summed E-state index contributed by atoms with van der Waals surface area (Å²) in [7, 11) is 1.53. The zero-order valence-electron chi connectivity index (χ0n) is 10.8. The monoisotopic (exact) mass is 304 g/mol. The minimum absolute atomic E-state index is 0.0407. The lowest BCUT2D eigenvalue weighted by Gasteiger charge is -2.34. The van der Waals surface area contributed by atoms with Gasteiger partial charge >= 0.3 is 0 Å². The Morgan fingerprint density at radius 1 is 1.32 bits per heavy atom. The fourth-order valence-corrected chi connectivity index (χ4v) is 3.05.